The minimum Gasteiger partial charge on any atom is -0.229 e. The van der Waals surface area contributed by atoms with Crippen LogP contribution >= 0.6 is 39.3 Å². The van der Waals surface area contributed by atoms with Gasteiger partial charge >= 0.3 is 0 Å². The highest BCUT2D eigenvalue weighted by atomic mass is 79.9. The Labute approximate surface area is 112 Å². The van der Waals surface area contributed by atoms with Gasteiger partial charge in [-0.3, -0.25) is 0 Å². The van der Waals surface area contributed by atoms with Crippen molar-refractivity contribution in [2.45, 2.75) is 16.8 Å². The van der Waals surface area contributed by atoms with E-state index >= 15 is 0 Å². The summed E-state index contributed by atoms with van der Waals surface area (Å²) < 4.78 is 1.05. The monoisotopic (exact) mass is 314 g/mol. The van der Waals surface area contributed by atoms with Crippen LogP contribution < -0.4 is 0 Å². The predicted octanol–water partition coefficient (Wildman–Crippen LogP) is 4.35. The molecule has 0 bridgehead atoms. The fraction of sp³-hybridized carbons (Fsp3) is 0.0909. The highest BCUT2D eigenvalue weighted by molar-refractivity contribution is 9.10. The third-order valence-electron chi connectivity index (χ3n) is 1.99. The van der Waals surface area contributed by atoms with Crippen molar-refractivity contribution in [3.63, 3.8) is 0 Å². The van der Waals surface area contributed by atoms with Gasteiger partial charge in [0.2, 0.25) is 0 Å². The average Bonchev–Trinajstić information content (AvgIpc) is 2.25. The van der Waals surface area contributed by atoms with E-state index in [0.717, 1.165) is 20.0 Å². The fourth-order valence-electron chi connectivity index (χ4n) is 1.16. The molecule has 5 heteroatoms. The minimum atomic E-state index is 0.507. The zero-order valence-corrected chi connectivity index (χ0v) is 11.6. The van der Waals surface area contributed by atoms with Crippen molar-refractivity contribution in [2.75, 3.05) is 0 Å². The van der Waals surface area contributed by atoms with Crippen molar-refractivity contribution in [1.29, 1.82) is 0 Å². The SMILES string of the molecule is Cc1c(Cl)ncnc1Sc1cccc(Br)c1. The van der Waals surface area contributed by atoms with Crippen LogP contribution in [0.25, 0.3) is 0 Å². The lowest BCUT2D eigenvalue weighted by atomic mass is 10.4. The van der Waals surface area contributed by atoms with Crippen molar-refractivity contribution in [1.82, 2.24) is 9.97 Å². The van der Waals surface area contributed by atoms with Crippen LogP contribution in [0.3, 0.4) is 0 Å². The molecule has 0 N–H and O–H groups in total. The van der Waals surface area contributed by atoms with Crippen LogP contribution in [0.5, 0.6) is 0 Å². The Hall–Kier alpha value is -0.580. The summed E-state index contributed by atoms with van der Waals surface area (Å²) >= 11 is 11.0. The van der Waals surface area contributed by atoms with E-state index in [9.17, 15) is 0 Å². The van der Waals surface area contributed by atoms with Gasteiger partial charge in [0.1, 0.15) is 16.5 Å². The van der Waals surface area contributed by atoms with E-state index in [2.05, 4.69) is 25.9 Å². The van der Waals surface area contributed by atoms with Gasteiger partial charge in [0.15, 0.2) is 0 Å². The third-order valence-corrected chi connectivity index (χ3v) is 3.96. The van der Waals surface area contributed by atoms with Gasteiger partial charge in [-0.15, -0.1) is 0 Å². The topological polar surface area (TPSA) is 25.8 Å². The van der Waals surface area contributed by atoms with Crippen LogP contribution in [0.4, 0.5) is 0 Å². The highest BCUT2D eigenvalue weighted by Crippen LogP contribution is 2.31. The number of rotatable bonds is 2. The summed E-state index contributed by atoms with van der Waals surface area (Å²) in [6.45, 7) is 1.92. The van der Waals surface area contributed by atoms with E-state index in [-0.39, 0.29) is 0 Å². The Bertz CT molecular complexity index is 519. The van der Waals surface area contributed by atoms with E-state index < -0.39 is 0 Å². The maximum Gasteiger partial charge on any atom is 0.136 e. The number of nitrogens with zero attached hydrogens (tertiary/aromatic N) is 2. The summed E-state index contributed by atoms with van der Waals surface area (Å²) in [4.78, 5) is 9.26. The molecule has 0 saturated heterocycles. The summed E-state index contributed by atoms with van der Waals surface area (Å²) in [6, 6.07) is 8.05. The summed E-state index contributed by atoms with van der Waals surface area (Å²) in [5.41, 5.74) is 0.911. The second-order valence-electron chi connectivity index (χ2n) is 3.15. The number of aromatic nitrogens is 2. The zero-order chi connectivity index (χ0) is 11.5. The van der Waals surface area contributed by atoms with E-state index in [1.807, 2.05) is 31.2 Å². The summed E-state index contributed by atoms with van der Waals surface area (Å²) in [7, 11) is 0. The minimum absolute atomic E-state index is 0.507. The van der Waals surface area contributed by atoms with Gasteiger partial charge < -0.3 is 0 Å². The lowest BCUT2D eigenvalue weighted by molar-refractivity contribution is 1.00. The zero-order valence-electron chi connectivity index (χ0n) is 8.45. The van der Waals surface area contributed by atoms with Gasteiger partial charge in [-0.25, -0.2) is 9.97 Å². The quantitative estimate of drug-likeness (QED) is 0.770. The first-order chi connectivity index (χ1) is 7.66. The first-order valence-electron chi connectivity index (χ1n) is 4.57. The van der Waals surface area contributed by atoms with Gasteiger partial charge in [0, 0.05) is 14.9 Å². The largest absolute Gasteiger partial charge is 0.229 e. The van der Waals surface area contributed by atoms with Crippen LogP contribution in [0, 0.1) is 6.92 Å². The van der Waals surface area contributed by atoms with Gasteiger partial charge in [-0.1, -0.05) is 45.4 Å². The molecule has 0 aliphatic rings. The molecular formula is C11H8BrClN2S. The van der Waals surface area contributed by atoms with E-state index in [1.165, 1.54) is 6.33 Å². The van der Waals surface area contributed by atoms with Crippen LogP contribution in [-0.4, -0.2) is 9.97 Å². The molecule has 0 spiro atoms. The lowest BCUT2D eigenvalue weighted by Gasteiger charge is -2.05. The molecule has 2 aromatic rings. The van der Waals surface area contributed by atoms with E-state index in [0.29, 0.717) is 5.15 Å². The molecule has 2 rings (SSSR count). The predicted molar refractivity (Wildman–Crippen MR) is 70.0 cm³/mol. The highest BCUT2D eigenvalue weighted by Gasteiger charge is 2.06. The Kier molecular flexibility index (Phi) is 3.84. The molecule has 0 unspecified atom stereocenters. The first-order valence-corrected chi connectivity index (χ1v) is 6.56. The van der Waals surface area contributed by atoms with Crippen molar-refractivity contribution in [2.24, 2.45) is 0 Å². The summed E-state index contributed by atoms with van der Waals surface area (Å²) in [5, 5.41) is 1.39. The van der Waals surface area contributed by atoms with Crippen molar-refractivity contribution in [3.8, 4) is 0 Å². The number of hydrogen-bond acceptors (Lipinski definition) is 3. The molecule has 2 nitrogen and oxygen atoms in total. The van der Waals surface area contributed by atoms with Crippen LogP contribution in [0.2, 0.25) is 5.15 Å². The van der Waals surface area contributed by atoms with Gasteiger partial charge in [-0.05, 0) is 25.1 Å². The Morgan fingerprint density at radius 3 is 2.88 bits per heavy atom. The standard InChI is InChI=1S/C11H8BrClN2S/c1-7-10(13)14-6-15-11(7)16-9-4-2-3-8(12)5-9/h2-6H,1H3. The molecule has 1 aromatic heterocycles. The number of hydrogen-bond donors (Lipinski definition) is 0. The Morgan fingerprint density at radius 2 is 2.12 bits per heavy atom. The van der Waals surface area contributed by atoms with Crippen molar-refractivity contribution in [3.05, 3.63) is 45.8 Å². The maximum absolute atomic E-state index is 5.94. The van der Waals surface area contributed by atoms with Crippen LogP contribution in [0.1, 0.15) is 5.56 Å². The van der Waals surface area contributed by atoms with Crippen molar-refractivity contribution < 1.29 is 0 Å². The summed E-state index contributed by atoms with van der Waals surface area (Å²) in [6.07, 6.45) is 1.48. The molecule has 1 heterocycles. The molecule has 82 valence electrons. The average molecular weight is 316 g/mol. The van der Waals surface area contributed by atoms with E-state index in [1.54, 1.807) is 11.8 Å². The maximum atomic E-state index is 5.94. The van der Waals surface area contributed by atoms with Gasteiger partial charge in [-0.2, -0.15) is 0 Å². The number of benzene rings is 1. The molecule has 0 saturated carbocycles. The molecule has 16 heavy (non-hydrogen) atoms. The van der Waals surface area contributed by atoms with Crippen LogP contribution in [-0.2, 0) is 0 Å². The molecule has 0 fully saturated rings. The van der Waals surface area contributed by atoms with E-state index in [4.69, 9.17) is 11.6 Å². The molecule has 0 aliphatic heterocycles. The smallest absolute Gasteiger partial charge is 0.136 e. The molecule has 0 amide bonds. The number of halogens is 2. The molecule has 0 radical (unpaired) electrons. The van der Waals surface area contributed by atoms with Gasteiger partial charge in [0.05, 0.1) is 0 Å². The second kappa shape index (κ2) is 5.17. The van der Waals surface area contributed by atoms with Crippen molar-refractivity contribution >= 4 is 39.3 Å². The van der Waals surface area contributed by atoms with Crippen LogP contribution in [0.15, 0.2) is 45.0 Å². The Morgan fingerprint density at radius 1 is 1.31 bits per heavy atom. The fourth-order valence-corrected chi connectivity index (χ4v) is 2.80. The van der Waals surface area contributed by atoms with Gasteiger partial charge in [0.25, 0.3) is 0 Å². The molecular weight excluding hydrogens is 308 g/mol. The summed E-state index contributed by atoms with van der Waals surface area (Å²) in [5.74, 6) is 0. The third kappa shape index (κ3) is 2.75. The second-order valence-corrected chi connectivity index (χ2v) is 5.49. The molecule has 0 atom stereocenters. The molecule has 1 aromatic carbocycles. The normalized spacial score (nSPS) is 10.4. The Balaban J connectivity index is 2.31. The molecule has 0 aliphatic carbocycles. The lowest BCUT2D eigenvalue weighted by Crippen LogP contribution is -1.89. The first kappa shape index (κ1) is 11.9.